The van der Waals surface area contributed by atoms with Crippen molar-refractivity contribution in [2.24, 2.45) is 5.92 Å². The second kappa shape index (κ2) is 10.2. The molecule has 3 nitrogen and oxygen atoms in total. The van der Waals surface area contributed by atoms with Crippen LogP contribution in [0.1, 0.15) is 55.7 Å². The highest BCUT2D eigenvalue weighted by molar-refractivity contribution is 5.46. The Hall–Kier alpha value is -2.00. The predicted octanol–water partition coefficient (Wildman–Crippen LogP) is 5.15. The van der Waals surface area contributed by atoms with E-state index >= 15 is 0 Å². The van der Waals surface area contributed by atoms with Crippen LogP contribution in [0.5, 0.6) is 11.5 Å². The van der Waals surface area contributed by atoms with Gasteiger partial charge in [0.1, 0.15) is 0 Å². The van der Waals surface area contributed by atoms with Crippen LogP contribution in [0, 0.1) is 12.8 Å². The molecule has 0 bridgehead atoms. The Labute approximate surface area is 158 Å². The minimum absolute atomic E-state index is 0.0270. The first-order chi connectivity index (χ1) is 12.5. The van der Waals surface area contributed by atoms with Crippen LogP contribution < -0.4 is 5.32 Å². The number of hydrogen-bond acceptors (Lipinski definition) is 3. The average molecular weight is 356 g/mol. The molecule has 2 atom stereocenters. The predicted molar refractivity (Wildman–Crippen MR) is 109 cm³/mol. The highest BCUT2D eigenvalue weighted by atomic mass is 16.3. The van der Waals surface area contributed by atoms with Crippen molar-refractivity contribution in [1.82, 2.24) is 5.32 Å². The summed E-state index contributed by atoms with van der Waals surface area (Å²) in [7, 11) is 0. The zero-order valence-electron chi connectivity index (χ0n) is 16.3. The van der Waals surface area contributed by atoms with E-state index < -0.39 is 0 Å². The number of benzene rings is 2. The molecule has 0 aromatic heterocycles. The van der Waals surface area contributed by atoms with Gasteiger partial charge in [0, 0.05) is 5.56 Å². The molecule has 2 aromatic rings. The molecule has 0 aliphatic carbocycles. The largest absolute Gasteiger partial charge is 0.504 e. The summed E-state index contributed by atoms with van der Waals surface area (Å²) < 4.78 is 0. The van der Waals surface area contributed by atoms with Gasteiger partial charge in [-0.1, -0.05) is 68.7 Å². The Balaban J connectivity index is 1.83. The van der Waals surface area contributed by atoms with Gasteiger partial charge < -0.3 is 15.5 Å². The van der Waals surface area contributed by atoms with Crippen LogP contribution in [0.3, 0.4) is 0 Å². The lowest BCUT2D eigenvalue weighted by molar-refractivity contribution is 0.354. The summed E-state index contributed by atoms with van der Waals surface area (Å²) in [6, 6.07) is 14.0. The van der Waals surface area contributed by atoms with Crippen molar-refractivity contribution in [2.75, 3.05) is 13.1 Å². The van der Waals surface area contributed by atoms with Crippen LogP contribution in [0.4, 0.5) is 0 Å². The molecule has 2 rings (SSSR count). The number of nitrogens with one attached hydrogen (secondary N) is 1. The smallest absolute Gasteiger partial charge is 0.160 e. The summed E-state index contributed by atoms with van der Waals surface area (Å²) in [5.41, 5.74) is 3.52. The number of para-hydroxylation sites is 1. The summed E-state index contributed by atoms with van der Waals surface area (Å²) in [4.78, 5) is 0. The number of rotatable bonds is 10. The van der Waals surface area contributed by atoms with Crippen molar-refractivity contribution in [3.05, 3.63) is 59.2 Å². The quantitative estimate of drug-likeness (QED) is 0.408. The van der Waals surface area contributed by atoms with Crippen molar-refractivity contribution in [2.45, 2.75) is 52.4 Å². The molecule has 0 heterocycles. The molecule has 3 N–H and O–H groups in total. The van der Waals surface area contributed by atoms with Crippen LogP contribution >= 0.6 is 0 Å². The molecular weight excluding hydrogens is 322 g/mol. The van der Waals surface area contributed by atoms with Gasteiger partial charge in [-0.25, -0.2) is 0 Å². The summed E-state index contributed by atoms with van der Waals surface area (Å²) in [5, 5.41) is 23.5. The van der Waals surface area contributed by atoms with Crippen LogP contribution in [-0.4, -0.2) is 23.3 Å². The minimum Gasteiger partial charge on any atom is -0.504 e. The average Bonchev–Trinajstić information content (AvgIpc) is 2.64. The molecule has 142 valence electrons. The van der Waals surface area contributed by atoms with Crippen molar-refractivity contribution >= 4 is 0 Å². The Morgan fingerprint density at radius 2 is 1.69 bits per heavy atom. The monoisotopic (exact) mass is 355 g/mol. The first kappa shape index (κ1) is 20.3. The van der Waals surface area contributed by atoms with Gasteiger partial charge in [-0.2, -0.15) is 0 Å². The lowest BCUT2D eigenvalue weighted by atomic mass is 9.82. The van der Waals surface area contributed by atoms with E-state index in [0.717, 1.165) is 44.3 Å². The van der Waals surface area contributed by atoms with Gasteiger partial charge in [0.05, 0.1) is 0 Å². The van der Waals surface area contributed by atoms with E-state index in [4.69, 9.17) is 0 Å². The second-order valence-electron chi connectivity index (χ2n) is 7.33. The van der Waals surface area contributed by atoms with Crippen molar-refractivity contribution in [1.29, 1.82) is 0 Å². The maximum Gasteiger partial charge on any atom is 0.160 e. The van der Waals surface area contributed by atoms with Gasteiger partial charge in [-0.3, -0.25) is 0 Å². The first-order valence-electron chi connectivity index (χ1n) is 9.80. The third-order valence-corrected chi connectivity index (χ3v) is 5.31. The third kappa shape index (κ3) is 5.77. The van der Waals surface area contributed by atoms with Crippen molar-refractivity contribution in [3.63, 3.8) is 0 Å². The van der Waals surface area contributed by atoms with E-state index in [1.54, 1.807) is 0 Å². The van der Waals surface area contributed by atoms with Gasteiger partial charge in [0.15, 0.2) is 11.5 Å². The molecule has 0 saturated heterocycles. The number of phenolic OH excluding ortho intramolecular Hbond substituents is 2. The molecule has 26 heavy (non-hydrogen) atoms. The van der Waals surface area contributed by atoms with E-state index in [2.05, 4.69) is 50.4 Å². The van der Waals surface area contributed by atoms with Gasteiger partial charge in [-0.15, -0.1) is 0 Å². The zero-order valence-corrected chi connectivity index (χ0v) is 16.3. The Bertz CT molecular complexity index is 666. The minimum atomic E-state index is -0.0270. The Morgan fingerprint density at radius 1 is 0.962 bits per heavy atom. The molecule has 3 heteroatoms. The fourth-order valence-electron chi connectivity index (χ4n) is 3.59. The van der Waals surface area contributed by atoms with Crippen molar-refractivity contribution < 1.29 is 10.2 Å². The molecule has 2 aromatic carbocycles. The van der Waals surface area contributed by atoms with Crippen molar-refractivity contribution in [3.8, 4) is 11.5 Å². The molecule has 0 aliphatic heterocycles. The SMILES string of the molecule is CCCC(CCNCCc1ccc(C)cc1)C(C)c1cccc(O)c1O. The van der Waals surface area contributed by atoms with E-state index in [-0.39, 0.29) is 17.4 Å². The Kier molecular flexibility index (Phi) is 7.99. The zero-order chi connectivity index (χ0) is 18.9. The van der Waals surface area contributed by atoms with Gasteiger partial charge in [-0.05, 0) is 56.3 Å². The maximum atomic E-state index is 10.2. The van der Waals surface area contributed by atoms with Gasteiger partial charge in [0.25, 0.3) is 0 Å². The molecular formula is C23H33NO2. The number of phenols is 2. The van der Waals surface area contributed by atoms with Gasteiger partial charge >= 0.3 is 0 Å². The summed E-state index contributed by atoms with van der Waals surface area (Å²) >= 11 is 0. The Morgan fingerprint density at radius 3 is 2.38 bits per heavy atom. The van der Waals surface area contributed by atoms with Crippen LogP contribution in [-0.2, 0) is 6.42 Å². The molecule has 0 spiro atoms. The second-order valence-corrected chi connectivity index (χ2v) is 7.33. The van der Waals surface area contributed by atoms with Gasteiger partial charge in [0.2, 0.25) is 0 Å². The third-order valence-electron chi connectivity index (χ3n) is 5.31. The molecule has 2 unspecified atom stereocenters. The lowest BCUT2D eigenvalue weighted by Crippen LogP contribution is -2.23. The summed E-state index contributed by atoms with van der Waals surface area (Å²) in [6.07, 6.45) is 4.35. The number of aryl methyl sites for hydroxylation is 1. The highest BCUT2D eigenvalue weighted by Gasteiger charge is 2.21. The fraction of sp³-hybridized carbons (Fsp3) is 0.478. The van der Waals surface area contributed by atoms with E-state index in [1.807, 2.05) is 12.1 Å². The molecule has 0 aliphatic rings. The van der Waals surface area contributed by atoms with E-state index in [1.165, 1.54) is 17.2 Å². The molecule has 0 radical (unpaired) electrons. The van der Waals surface area contributed by atoms with E-state index in [9.17, 15) is 10.2 Å². The van der Waals surface area contributed by atoms with Crippen LogP contribution in [0.25, 0.3) is 0 Å². The maximum absolute atomic E-state index is 10.2. The highest BCUT2D eigenvalue weighted by Crippen LogP contribution is 2.39. The van der Waals surface area contributed by atoms with Crippen LogP contribution in [0.2, 0.25) is 0 Å². The summed E-state index contributed by atoms with van der Waals surface area (Å²) in [6.45, 7) is 8.42. The lowest BCUT2D eigenvalue weighted by Gasteiger charge is -2.25. The number of aromatic hydroxyl groups is 2. The standard InChI is InChI=1S/C23H33NO2/c1-4-6-20(18(3)21-7-5-8-22(25)23(21)26)14-16-24-15-13-19-11-9-17(2)10-12-19/h5,7-12,18,20,24-26H,4,6,13-16H2,1-3H3. The normalized spacial score (nSPS) is 13.5. The number of hydrogen-bond donors (Lipinski definition) is 3. The topological polar surface area (TPSA) is 52.5 Å². The molecule has 0 saturated carbocycles. The molecule has 0 amide bonds. The van der Waals surface area contributed by atoms with E-state index in [0.29, 0.717) is 5.92 Å². The van der Waals surface area contributed by atoms with Crippen LogP contribution in [0.15, 0.2) is 42.5 Å². The summed E-state index contributed by atoms with van der Waals surface area (Å²) in [5.74, 6) is 0.717. The molecule has 0 fully saturated rings. The first-order valence-corrected chi connectivity index (χ1v) is 9.80. The fourth-order valence-corrected chi connectivity index (χ4v) is 3.59.